The molecule has 1 N–H and O–H groups in total. The molecule has 8 heteroatoms. The Kier molecular flexibility index (Phi) is 6.32. The van der Waals surface area contributed by atoms with E-state index in [1.165, 1.54) is 4.31 Å². The Morgan fingerprint density at radius 3 is 2.56 bits per heavy atom. The van der Waals surface area contributed by atoms with Gasteiger partial charge in [0.2, 0.25) is 0 Å². The van der Waals surface area contributed by atoms with Crippen LogP contribution in [-0.4, -0.2) is 34.6 Å². The summed E-state index contributed by atoms with van der Waals surface area (Å²) in [6, 6.07) is 20.7. The summed E-state index contributed by atoms with van der Waals surface area (Å²) in [6.07, 6.45) is 1.44. The summed E-state index contributed by atoms with van der Waals surface area (Å²) in [4.78, 5) is 12.6. The van der Waals surface area contributed by atoms with Gasteiger partial charge in [-0.3, -0.25) is 9.10 Å². The van der Waals surface area contributed by atoms with Crippen molar-refractivity contribution >= 4 is 27.3 Å². The number of fused-ring (bicyclic) bond motifs is 1. The van der Waals surface area contributed by atoms with Crippen LogP contribution in [-0.2, 0) is 21.2 Å². The summed E-state index contributed by atoms with van der Waals surface area (Å²) in [7, 11) is -2.08. The lowest BCUT2D eigenvalue weighted by Gasteiger charge is -2.30. The molecule has 1 heterocycles. The van der Waals surface area contributed by atoms with Crippen molar-refractivity contribution in [3.63, 3.8) is 0 Å². The number of nitrogens with zero attached hydrogens (tertiary/aromatic N) is 1. The fourth-order valence-corrected chi connectivity index (χ4v) is 5.21. The Labute approximate surface area is 187 Å². The average molecular weight is 453 g/mol. The summed E-state index contributed by atoms with van der Waals surface area (Å²) in [5.41, 5.74) is 2.12. The number of hydrogen-bond donors (Lipinski definition) is 1. The number of carbonyl (C=O) groups excluding carboxylic acids is 1. The third-order valence-corrected chi connectivity index (χ3v) is 7.01. The molecule has 3 aromatic rings. The van der Waals surface area contributed by atoms with Crippen LogP contribution in [0.15, 0.2) is 77.7 Å². The van der Waals surface area contributed by atoms with Crippen molar-refractivity contribution in [2.45, 2.75) is 17.7 Å². The number of nitrogens with one attached hydrogen (secondary N) is 1. The van der Waals surface area contributed by atoms with E-state index in [1.807, 2.05) is 6.07 Å². The molecule has 0 radical (unpaired) electrons. The third kappa shape index (κ3) is 4.70. The van der Waals surface area contributed by atoms with Crippen LogP contribution in [0.2, 0.25) is 0 Å². The van der Waals surface area contributed by atoms with Gasteiger partial charge in [0.05, 0.1) is 17.7 Å². The highest BCUT2D eigenvalue weighted by Gasteiger charge is 2.29. The summed E-state index contributed by atoms with van der Waals surface area (Å²) in [6.45, 7) is 0.267. The molecule has 166 valence electrons. The molecule has 7 nitrogen and oxygen atoms in total. The van der Waals surface area contributed by atoms with Crippen LogP contribution in [0.3, 0.4) is 0 Å². The van der Waals surface area contributed by atoms with Crippen molar-refractivity contribution in [3.8, 4) is 11.5 Å². The van der Waals surface area contributed by atoms with E-state index in [9.17, 15) is 13.2 Å². The topological polar surface area (TPSA) is 84.9 Å². The second-order valence-electron chi connectivity index (χ2n) is 7.35. The number of amides is 1. The van der Waals surface area contributed by atoms with Gasteiger partial charge in [-0.15, -0.1) is 0 Å². The number of sulfonamides is 1. The second-order valence-corrected chi connectivity index (χ2v) is 9.22. The molecule has 1 amide bonds. The Morgan fingerprint density at radius 1 is 1.00 bits per heavy atom. The van der Waals surface area contributed by atoms with Crippen LogP contribution < -0.4 is 19.1 Å². The summed E-state index contributed by atoms with van der Waals surface area (Å²) in [5.74, 6) is 0.872. The van der Waals surface area contributed by atoms with Gasteiger partial charge in [0.15, 0.2) is 6.61 Å². The van der Waals surface area contributed by atoms with Crippen LogP contribution in [0.5, 0.6) is 11.5 Å². The number of methoxy groups -OCH3 is 1. The van der Waals surface area contributed by atoms with E-state index in [0.717, 1.165) is 12.0 Å². The third-order valence-electron chi connectivity index (χ3n) is 5.18. The fraction of sp³-hybridized carbons (Fsp3) is 0.208. The van der Waals surface area contributed by atoms with E-state index in [-0.39, 0.29) is 17.4 Å². The van der Waals surface area contributed by atoms with Gasteiger partial charge >= 0.3 is 0 Å². The second kappa shape index (κ2) is 9.32. The van der Waals surface area contributed by atoms with E-state index in [2.05, 4.69) is 5.32 Å². The molecule has 1 aliphatic rings. The lowest BCUT2D eigenvalue weighted by molar-refractivity contribution is -0.118. The molecule has 0 aliphatic carbocycles. The SMILES string of the molecule is COc1cccc(OCC(=O)Nc2ccc3c(c2)CCCN3S(=O)(=O)c2ccccc2)c1. The summed E-state index contributed by atoms with van der Waals surface area (Å²) < 4.78 is 38.3. The van der Waals surface area contributed by atoms with E-state index >= 15 is 0 Å². The molecular weight excluding hydrogens is 428 g/mol. The number of aryl methyl sites for hydroxylation is 1. The van der Waals surface area contributed by atoms with E-state index in [0.29, 0.717) is 35.8 Å². The highest BCUT2D eigenvalue weighted by molar-refractivity contribution is 7.92. The van der Waals surface area contributed by atoms with Gasteiger partial charge in [0.1, 0.15) is 11.5 Å². The van der Waals surface area contributed by atoms with Crippen molar-refractivity contribution in [2.24, 2.45) is 0 Å². The zero-order chi connectivity index (χ0) is 22.6. The first-order valence-corrected chi connectivity index (χ1v) is 11.7. The molecule has 0 fully saturated rings. The van der Waals surface area contributed by atoms with Crippen molar-refractivity contribution in [3.05, 3.63) is 78.4 Å². The lowest BCUT2D eigenvalue weighted by atomic mass is 10.0. The number of ether oxygens (including phenoxy) is 2. The molecule has 4 rings (SSSR count). The minimum absolute atomic E-state index is 0.154. The Balaban J connectivity index is 1.46. The normalized spacial score (nSPS) is 13.2. The zero-order valence-corrected chi connectivity index (χ0v) is 18.5. The van der Waals surface area contributed by atoms with E-state index < -0.39 is 10.0 Å². The smallest absolute Gasteiger partial charge is 0.264 e. The lowest BCUT2D eigenvalue weighted by Crippen LogP contribution is -2.35. The van der Waals surface area contributed by atoms with Gasteiger partial charge < -0.3 is 14.8 Å². The zero-order valence-electron chi connectivity index (χ0n) is 17.7. The van der Waals surface area contributed by atoms with Gasteiger partial charge in [0, 0.05) is 18.3 Å². The van der Waals surface area contributed by atoms with E-state index in [1.54, 1.807) is 73.8 Å². The summed E-state index contributed by atoms with van der Waals surface area (Å²) in [5, 5.41) is 2.81. The molecule has 0 spiro atoms. The van der Waals surface area contributed by atoms with Crippen LogP contribution in [0, 0.1) is 0 Å². The van der Waals surface area contributed by atoms with Crippen LogP contribution in [0.4, 0.5) is 11.4 Å². The predicted octanol–water partition coefficient (Wildman–Crippen LogP) is 3.85. The number of hydrogen-bond acceptors (Lipinski definition) is 5. The van der Waals surface area contributed by atoms with Crippen molar-refractivity contribution < 1.29 is 22.7 Å². The molecule has 0 bridgehead atoms. The molecular formula is C24H24N2O5S. The fourth-order valence-electron chi connectivity index (χ4n) is 3.65. The van der Waals surface area contributed by atoms with Gasteiger partial charge in [-0.05, 0) is 60.9 Å². The minimum Gasteiger partial charge on any atom is -0.497 e. The van der Waals surface area contributed by atoms with Gasteiger partial charge in [-0.2, -0.15) is 0 Å². The number of carbonyl (C=O) groups is 1. The maximum absolute atomic E-state index is 13.1. The maximum atomic E-state index is 13.1. The van der Waals surface area contributed by atoms with Crippen molar-refractivity contribution in [1.29, 1.82) is 0 Å². The highest BCUT2D eigenvalue weighted by atomic mass is 32.2. The molecule has 3 aromatic carbocycles. The average Bonchev–Trinajstić information content (AvgIpc) is 2.83. The molecule has 32 heavy (non-hydrogen) atoms. The van der Waals surface area contributed by atoms with Crippen LogP contribution in [0.25, 0.3) is 0 Å². The molecule has 0 saturated heterocycles. The van der Waals surface area contributed by atoms with Crippen LogP contribution >= 0.6 is 0 Å². The minimum atomic E-state index is -3.64. The molecule has 0 aromatic heterocycles. The Bertz CT molecular complexity index is 1210. The number of anilines is 2. The number of benzene rings is 3. The molecule has 0 unspecified atom stereocenters. The predicted molar refractivity (Wildman–Crippen MR) is 123 cm³/mol. The standard InChI is InChI=1S/C24H24N2O5S/c1-30-20-8-5-9-21(16-20)31-17-24(27)25-19-12-13-23-18(15-19)7-6-14-26(23)32(28,29)22-10-3-2-4-11-22/h2-5,8-13,15-16H,6-7,14,17H2,1H3,(H,25,27). The first-order valence-electron chi connectivity index (χ1n) is 10.2. The Morgan fingerprint density at radius 2 is 1.78 bits per heavy atom. The first kappa shape index (κ1) is 21.7. The van der Waals surface area contributed by atoms with Gasteiger partial charge in [-0.1, -0.05) is 24.3 Å². The largest absolute Gasteiger partial charge is 0.497 e. The molecule has 0 saturated carbocycles. The molecule has 1 aliphatic heterocycles. The van der Waals surface area contributed by atoms with E-state index in [4.69, 9.17) is 9.47 Å². The van der Waals surface area contributed by atoms with Crippen molar-refractivity contribution in [1.82, 2.24) is 0 Å². The monoisotopic (exact) mass is 452 g/mol. The van der Waals surface area contributed by atoms with Gasteiger partial charge in [-0.25, -0.2) is 8.42 Å². The highest BCUT2D eigenvalue weighted by Crippen LogP contribution is 2.33. The first-order chi connectivity index (χ1) is 15.5. The number of rotatable bonds is 7. The molecule has 0 atom stereocenters. The quantitative estimate of drug-likeness (QED) is 0.589. The Hall–Kier alpha value is -3.52. The van der Waals surface area contributed by atoms with Crippen LogP contribution in [0.1, 0.15) is 12.0 Å². The van der Waals surface area contributed by atoms with Crippen molar-refractivity contribution in [2.75, 3.05) is 29.9 Å². The van der Waals surface area contributed by atoms with Gasteiger partial charge in [0.25, 0.3) is 15.9 Å². The summed E-state index contributed by atoms with van der Waals surface area (Å²) >= 11 is 0. The maximum Gasteiger partial charge on any atom is 0.264 e.